The summed E-state index contributed by atoms with van der Waals surface area (Å²) in [6.07, 6.45) is 57.8. The van der Waals surface area contributed by atoms with Crippen LogP contribution in [0.2, 0.25) is 0 Å². The number of imidazole rings is 1. The molecule has 278 valence electrons. The molecule has 0 atom stereocenters. The van der Waals surface area contributed by atoms with Crippen LogP contribution in [0.4, 0.5) is 0 Å². The van der Waals surface area contributed by atoms with Gasteiger partial charge in [0, 0.05) is 6.42 Å². The Morgan fingerprint density at radius 2 is 0.660 bits per heavy atom. The van der Waals surface area contributed by atoms with Crippen molar-refractivity contribution in [2.45, 2.75) is 271 Å². The molecule has 0 aliphatic rings. The van der Waals surface area contributed by atoms with Crippen molar-refractivity contribution in [1.82, 2.24) is 4.57 Å². The van der Waals surface area contributed by atoms with Gasteiger partial charge in [0.15, 0.2) is 0 Å². The first-order chi connectivity index (χ1) is 23.3. The quantitative estimate of drug-likeness (QED) is 0.0492. The van der Waals surface area contributed by atoms with E-state index in [1.54, 1.807) is 5.82 Å². The van der Waals surface area contributed by atoms with Crippen LogP contribution in [0.3, 0.4) is 0 Å². The van der Waals surface area contributed by atoms with Crippen LogP contribution in [-0.4, -0.2) is 4.57 Å². The van der Waals surface area contributed by atoms with Gasteiger partial charge in [0.05, 0.1) is 13.1 Å². The van der Waals surface area contributed by atoms with Crippen LogP contribution < -0.4 is 4.57 Å². The van der Waals surface area contributed by atoms with Gasteiger partial charge in [-0.3, -0.25) is 0 Å². The molecule has 0 bridgehead atoms. The van der Waals surface area contributed by atoms with Gasteiger partial charge in [0.2, 0.25) is 0 Å². The predicted octanol–water partition coefficient (Wildman–Crippen LogP) is 15.4. The van der Waals surface area contributed by atoms with Crippen LogP contribution >= 0.6 is 0 Å². The second kappa shape index (κ2) is 36.5. The number of hydrogen-bond donors (Lipinski definition) is 0. The second-order valence-electron chi connectivity index (χ2n) is 15.5. The molecule has 1 aromatic heterocycles. The topological polar surface area (TPSA) is 8.81 Å². The summed E-state index contributed by atoms with van der Waals surface area (Å²) in [4.78, 5) is 0. The van der Waals surface area contributed by atoms with Crippen molar-refractivity contribution in [3.8, 4) is 0 Å². The molecule has 0 fully saturated rings. The molecule has 0 saturated heterocycles. The first-order valence-electron chi connectivity index (χ1n) is 22.4. The number of nitrogens with zero attached hydrogens (tertiary/aromatic N) is 2. The van der Waals surface area contributed by atoms with Gasteiger partial charge >= 0.3 is 0 Å². The van der Waals surface area contributed by atoms with Crippen LogP contribution in [0.25, 0.3) is 0 Å². The molecule has 0 spiro atoms. The number of aryl methyl sites for hydroxylation is 2. The highest BCUT2D eigenvalue weighted by Gasteiger charge is 2.16. The lowest BCUT2D eigenvalue weighted by Gasteiger charge is -2.07. The highest BCUT2D eigenvalue weighted by atomic mass is 15.1. The molecule has 1 heterocycles. The summed E-state index contributed by atoms with van der Waals surface area (Å²) >= 11 is 0. The van der Waals surface area contributed by atoms with Crippen molar-refractivity contribution in [2.24, 2.45) is 0 Å². The van der Waals surface area contributed by atoms with Crippen LogP contribution in [0.15, 0.2) is 12.4 Å². The summed E-state index contributed by atoms with van der Waals surface area (Å²) in [5, 5.41) is 0. The Morgan fingerprint density at radius 3 is 1.02 bits per heavy atom. The molecule has 1 aromatic rings. The summed E-state index contributed by atoms with van der Waals surface area (Å²) in [5.74, 6) is 1.63. The van der Waals surface area contributed by atoms with E-state index < -0.39 is 0 Å². The molecule has 0 N–H and O–H groups in total. The number of rotatable bonds is 39. The highest BCUT2D eigenvalue weighted by Crippen LogP contribution is 2.16. The van der Waals surface area contributed by atoms with Crippen LogP contribution in [-0.2, 0) is 19.5 Å². The predicted molar refractivity (Wildman–Crippen MR) is 212 cm³/mol. The smallest absolute Gasteiger partial charge is 0.234 e. The fraction of sp³-hybridized carbons (Fsp3) is 0.933. The molecule has 0 radical (unpaired) electrons. The van der Waals surface area contributed by atoms with Crippen molar-refractivity contribution in [3.63, 3.8) is 0 Å². The molecule has 1 rings (SSSR count). The standard InChI is InChI=1S/C45H89N2/c1-4-7-10-13-16-19-21-22-23-24-25-26-27-30-33-36-39-42-47-44-43-46(41-38-35-32-29-20-17-14-11-8-5-2)45(47)40-37-34-31-28-18-15-12-9-6-3/h43-44H,4-42H2,1-3H3/q+1. The molecule has 0 aromatic carbocycles. The Hall–Kier alpha value is -0.790. The first kappa shape index (κ1) is 44.2. The molecule has 2 heteroatoms. The van der Waals surface area contributed by atoms with Gasteiger partial charge in [-0.25, -0.2) is 9.13 Å². The second-order valence-corrected chi connectivity index (χ2v) is 15.5. The third-order valence-electron chi connectivity index (χ3n) is 10.8. The van der Waals surface area contributed by atoms with Crippen molar-refractivity contribution >= 4 is 0 Å². The van der Waals surface area contributed by atoms with Gasteiger partial charge in [-0.1, -0.05) is 220 Å². The molecule has 0 unspecified atom stereocenters. The van der Waals surface area contributed by atoms with E-state index in [9.17, 15) is 0 Å². The highest BCUT2D eigenvalue weighted by molar-refractivity contribution is 4.84. The zero-order valence-electron chi connectivity index (χ0n) is 33.1. The van der Waals surface area contributed by atoms with Crippen molar-refractivity contribution < 1.29 is 4.57 Å². The molecule has 47 heavy (non-hydrogen) atoms. The number of unbranched alkanes of at least 4 members (excludes halogenated alkanes) is 33. The summed E-state index contributed by atoms with van der Waals surface area (Å²) in [6, 6.07) is 0. The van der Waals surface area contributed by atoms with Gasteiger partial charge < -0.3 is 0 Å². The zero-order chi connectivity index (χ0) is 33.7. The summed E-state index contributed by atoms with van der Waals surface area (Å²) in [6.45, 7) is 9.41. The van der Waals surface area contributed by atoms with Crippen molar-refractivity contribution in [2.75, 3.05) is 0 Å². The lowest BCUT2D eigenvalue weighted by molar-refractivity contribution is -0.704. The van der Waals surface area contributed by atoms with Crippen LogP contribution in [0.5, 0.6) is 0 Å². The van der Waals surface area contributed by atoms with Gasteiger partial charge in [-0.05, 0) is 32.1 Å². The zero-order valence-corrected chi connectivity index (χ0v) is 33.1. The van der Waals surface area contributed by atoms with Gasteiger partial charge in [0.25, 0.3) is 5.82 Å². The maximum Gasteiger partial charge on any atom is 0.256 e. The molecule has 0 aliphatic heterocycles. The molecule has 0 saturated carbocycles. The molecular formula is C45H89N2+. The first-order valence-corrected chi connectivity index (χ1v) is 22.4. The third kappa shape index (κ3) is 28.7. The minimum absolute atomic E-state index is 1.23. The SMILES string of the molecule is CCCCCCCCCCCCCCCCCCC[n+]1ccn(CCCCCCCCCCCC)c1CCCCCCCCCCC. The fourth-order valence-corrected chi connectivity index (χ4v) is 7.56. The summed E-state index contributed by atoms with van der Waals surface area (Å²) in [7, 11) is 0. The van der Waals surface area contributed by atoms with Crippen molar-refractivity contribution in [3.05, 3.63) is 18.2 Å². The minimum Gasteiger partial charge on any atom is -0.234 e. The van der Waals surface area contributed by atoms with Crippen LogP contribution in [0, 0.1) is 0 Å². The fourth-order valence-electron chi connectivity index (χ4n) is 7.56. The Bertz CT molecular complexity index is 722. The maximum atomic E-state index is 2.65. The van der Waals surface area contributed by atoms with Crippen LogP contribution in [0.1, 0.15) is 258 Å². The Morgan fingerprint density at radius 1 is 0.362 bits per heavy atom. The minimum atomic E-state index is 1.23. The van der Waals surface area contributed by atoms with E-state index in [2.05, 4.69) is 42.3 Å². The van der Waals surface area contributed by atoms with Gasteiger partial charge in [0.1, 0.15) is 12.4 Å². The molecule has 0 amide bonds. The van der Waals surface area contributed by atoms with Gasteiger partial charge in [-0.15, -0.1) is 0 Å². The Labute approximate surface area is 298 Å². The number of hydrogen-bond acceptors (Lipinski definition) is 0. The lowest BCUT2D eigenvalue weighted by atomic mass is 10.0. The maximum absolute atomic E-state index is 2.65. The average molecular weight is 658 g/mol. The van der Waals surface area contributed by atoms with Gasteiger partial charge in [-0.2, -0.15) is 0 Å². The van der Waals surface area contributed by atoms with E-state index >= 15 is 0 Å². The van der Waals surface area contributed by atoms with E-state index in [-0.39, 0.29) is 0 Å². The Balaban J connectivity index is 2.22. The van der Waals surface area contributed by atoms with E-state index in [1.807, 2.05) is 0 Å². The van der Waals surface area contributed by atoms with E-state index in [4.69, 9.17) is 0 Å². The number of aromatic nitrogens is 2. The Kier molecular flexibility index (Phi) is 34.3. The lowest BCUT2D eigenvalue weighted by Crippen LogP contribution is -2.37. The van der Waals surface area contributed by atoms with Crippen molar-refractivity contribution in [1.29, 1.82) is 0 Å². The van der Waals surface area contributed by atoms with E-state index in [0.29, 0.717) is 0 Å². The average Bonchev–Trinajstić information content (AvgIpc) is 3.47. The van der Waals surface area contributed by atoms with E-state index in [0.717, 1.165) is 0 Å². The molecular weight excluding hydrogens is 569 g/mol. The van der Waals surface area contributed by atoms with E-state index in [1.165, 1.54) is 251 Å². The normalized spacial score (nSPS) is 11.6. The molecule has 0 aliphatic carbocycles. The monoisotopic (exact) mass is 658 g/mol. The summed E-state index contributed by atoms with van der Waals surface area (Å²) in [5.41, 5.74) is 0. The third-order valence-corrected chi connectivity index (χ3v) is 10.8. The molecule has 2 nitrogen and oxygen atoms in total. The largest absolute Gasteiger partial charge is 0.256 e. The summed E-state index contributed by atoms with van der Waals surface area (Å²) < 4.78 is 5.29.